The van der Waals surface area contributed by atoms with Crippen LogP contribution in [0, 0.1) is 0 Å². The highest BCUT2D eigenvalue weighted by Gasteiger charge is 2.25. The maximum atomic E-state index is 12.2. The number of amides is 2. The van der Waals surface area contributed by atoms with Gasteiger partial charge in [-0.25, -0.2) is 9.78 Å². The van der Waals surface area contributed by atoms with Gasteiger partial charge in [0.2, 0.25) is 5.91 Å². The van der Waals surface area contributed by atoms with E-state index < -0.39 is 5.60 Å². The first kappa shape index (κ1) is 24.1. The van der Waals surface area contributed by atoms with Gasteiger partial charge in [0.25, 0.3) is 0 Å². The highest BCUT2D eigenvalue weighted by molar-refractivity contribution is 6.33. The summed E-state index contributed by atoms with van der Waals surface area (Å²) >= 11 is 6.18. The molecule has 8 nitrogen and oxygen atoms in total. The molecule has 0 bridgehead atoms. The summed E-state index contributed by atoms with van der Waals surface area (Å²) in [6.07, 6.45) is 2.08. The molecule has 2 heterocycles. The zero-order valence-electron chi connectivity index (χ0n) is 18.9. The van der Waals surface area contributed by atoms with E-state index >= 15 is 0 Å². The van der Waals surface area contributed by atoms with Crippen LogP contribution in [0.2, 0.25) is 5.02 Å². The Kier molecular flexibility index (Phi) is 8.15. The molecule has 1 aromatic carbocycles. The van der Waals surface area contributed by atoms with Crippen molar-refractivity contribution in [2.45, 2.75) is 39.2 Å². The van der Waals surface area contributed by atoms with Crippen molar-refractivity contribution in [2.24, 2.45) is 0 Å². The third kappa shape index (κ3) is 7.24. The fourth-order valence-electron chi connectivity index (χ4n) is 3.35. The Morgan fingerprint density at radius 3 is 2.59 bits per heavy atom. The number of benzene rings is 1. The van der Waals surface area contributed by atoms with Gasteiger partial charge in [-0.3, -0.25) is 9.69 Å². The highest BCUT2D eigenvalue weighted by atomic mass is 35.5. The lowest BCUT2D eigenvalue weighted by molar-refractivity contribution is -0.121. The average Bonchev–Trinajstić information content (AvgIpc) is 3.21. The van der Waals surface area contributed by atoms with E-state index in [2.05, 4.69) is 15.2 Å². The number of hydrogen-bond acceptors (Lipinski definition) is 6. The van der Waals surface area contributed by atoms with Crippen molar-refractivity contribution in [3.05, 3.63) is 41.4 Å². The van der Waals surface area contributed by atoms with Crippen LogP contribution < -0.4 is 5.32 Å². The molecule has 1 aliphatic rings. The van der Waals surface area contributed by atoms with Gasteiger partial charge >= 0.3 is 6.09 Å². The van der Waals surface area contributed by atoms with Crippen LogP contribution in [0.1, 0.15) is 33.1 Å². The molecule has 3 rings (SSSR count). The van der Waals surface area contributed by atoms with Gasteiger partial charge in [0.05, 0.1) is 11.2 Å². The number of oxazole rings is 1. The fraction of sp³-hybridized carbons (Fsp3) is 0.522. The van der Waals surface area contributed by atoms with Gasteiger partial charge in [0, 0.05) is 57.7 Å². The van der Waals surface area contributed by atoms with Gasteiger partial charge < -0.3 is 19.4 Å². The monoisotopic (exact) mass is 462 g/mol. The number of ether oxygens (including phenoxy) is 1. The Hall–Kier alpha value is -2.58. The standard InChI is InChI=1S/C23H31ClN4O4/c1-23(2,3)32-22(30)28-14-12-27(13-15-28)11-10-25-20(29)8-9-21-26-16-19(31-21)17-6-4-5-7-18(17)24/h4-7,16H,8-15H2,1-3H3,(H,25,29). The Balaban J connectivity index is 1.33. The zero-order chi connectivity index (χ0) is 23.1. The minimum atomic E-state index is -0.486. The summed E-state index contributed by atoms with van der Waals surface area (Å²) < 4.78 is 11.1. The van der Waals surface area contributed by atoms with Gasteiger partial charge in [-0.15, -0.1) is 0 Å². The van der Waals surface area contributed by atoms with Crippen LogP contribution in [0.25, 0.3) is 11.3 Å². The first-order chi connectivity index (χ1) is 15.2. The van der Waals surface area contributed by atoms with Crippen molar-refractivity contribution in [1.29, 1.82) is 0 Å². The quantitative estimate of drug-likeness (QED) is 0.676. The predicted octanol–water partition coefficient (Wildman–Crippen LogP) is 3.60. The minimum absolute atomic E-state index is 0.0464. The molecular formula is C23H31ClN4O4. The normalized spacial score (nSPS) is 14.9. The molecule has 1 saturated heterocycles. The van der Waals surface area contributed by atoms with Gasteiger partial charge in [-0.05, 0) is 32.9 Å². The number of carbonyl (C=O) groups is 2. The third-order valence-electron chi connectivity index (χ3n) is 5.03. The Labute approximate surface area is 193 Å². The molecule has 2 amide bonds. The summed E-state index contributed by atoms with van der Waals surface area (Å²) in [6, 6.07) is 7.40. The number of piperazine rings is 1. The van der Waals surface area contributed by atoms with Crippen molar-refractivity contribution in [3.63, 3.8) is 0 Å². The maximum Gasteiger partial charge on any atom is 0.410 e. The largest absolute Gasteiger partial charge is 0.444 e. The van der Waals surface area contributed by atoms with Gasteiger partial charge in [-0.1, -0.05) is 23.7 Å². The van der Waals surface area contributed by atoms with Crippen LogP contribution in [0.3, 0.4) is 0 Å². The Morgan fingerprint density at radius 1 is 1.19 bits per heavy atom. The lowest BCUT2D eigenvalue weighted by Gasteiger charge is -2.35. The molecule has 0 aliphatic carbocycles. The van der Waals surface area contributed by atoms with Gasteiger partial charge in [-0.2, -0.15) is 0 Å². The van der Waals surface area contributed by atoms with Crippen molar-refractivity contribution in [1.82, 2.24) is 20.1 Å². The molecule has 0 unspecified atom stereocenters. The molecule has 1 fully saturated rings. The van der Waals surface area contributed by atoms with E-state index in [1.807, 2.05) is 39.0 Å². The summed E-state index contributed by atoms with van der Waals surface area (Å²) in [5.41, 5.74) is 0.295. The molecule has 174 valence electrons. The number of aryl methyl sites for hydroxylation is 1. The van der Waals surface area contributed by atoms with Crippen LogP contribution >= 0.6 is 11.6 Å². The van der Waals surface area contributed by atoms with Crippen molar-refractivity contribution in [3.8, 4) is 11.3 Å². The van der Waals surface area contributed by atoms with E-state index in [9.17, 15) is 9.59 Å². The summed E-state index contributed by atoms with van der Waals surface area (Å²) in [7, 11) is 0. The first-order valence-corrected chi connectivity index (χ1v) is 11.3. The fourth-order valence-corrected chi connectivity index (χ4v) is 3.58. The SMILES string of the molecule is CC(C)(C)OC(=O)N1CCN(CCNC(=O)CCc2ncc(-c3ccccc3Cl)o2)CC1. The minimum Gasteiger partial charge on any atom is -0.444 e. The van der Waals surface area contributed by atoms with Crippen molar-refractivity contribution < 1.29 is 18.7 Å². The molecule has 1 aliphatic heterocycles. The van der Waals surface area contributed by atoms with Crippen LogP contribution in [-0.4, -0.2) is 71.7 Å². The number of carbonyl (C=O) groups excluding carboxylic acids is 2. The molecule has 1 aromatic heterocycles. The maximum absolute atomic E-state index is 12.2. The van der Waals surface area contributed by atoms with Crippen molar-refractivity contribution >= 4 is 23.6 Å². The number of hydrogen-bond donors (Lipinski definition) is 1. The molecule has 0 saturated carbocycles. The van der Waals surface area contributed by atoms with E-state index in [0.717, 1.165) is 25.2 Å². The summed E-state index contributed by atoms with van der Waals surface area (Å²) in [6.45, 7) is 9.66. The number of nitrogens with zero attached hydrogens (tertiary/aromatic N) is 3. The van der Waals surface area contributed by atoms with Gasteiger partial charge in [0.15, 0.2) is 11.7 Å². The highest BCUT2D eigenvalue weighted by Crippen LogP contribution is 2.28. The van der Waals surface area contributed by atoms with E-state index in [0.29, 0.717) is 49.1 Å². The smallest absolute Gasteiger partial charge is 0.410 e. The molecule has 0 radical (unpaired) electrons. The molecule has 0 atom stereocenters. The van der Waals surface area contributed by atoms with Crippen molar-refractivity contribution in [2.75, 3.05) is 39.3 Å². The topological polar surface area (TPSA) is 87.9 Å². The van der Waals surface area contributed by atoms with Crippen LogP contribution in [0.4, 0.5) is 4.79 Å². The third-order valence-corrected chi connectivity index (χ3v) is 5.36. The molecule has 32 heavy (non-hydrogen) atoms. The predicted molar refractivity (Wildman–Crippen MR) is 123 cm³/mol. The number of nitrogens with one attached hydrogen (secondary N) is 1. The second kappa shape index (κ2) is 10.8. The molecule has 0 spiro atoms. The lowest BCUT2D eigenvalue weighted by Crippen LogP contribution is -2.51. The molecule has 2 aromatic rings. The second-order valence-electron chi connectivity index (χ2n) is 8.76. The number of aromatic nitrogens is 1. The number of halogens is 1. The van der Waals surface area contributed by atoms with Crippen LogP contribution in [-0.2, 0) is 16.0 Å². The Morgan fingerprint density at radius 2 is 1.91 bits per heavy atom. The van der Waals surface area contributed by atoms with E-state index in [1.165, 1.54) is 0 Å². The van der Waals surface area contributed by atoms with Crippen LogP contribution in [0.5, 0.6) is 0 Å². The molecule has 9 heteroatoms. The summed E-state index contributed by atoms with van der Waals surface area (Å²) in [5, 5.41) is 3.53. The molecule has 1 N–H and O–H groups in total. The first-order valence-electron chi connectivity index (χ1n) is 10.9. The van der Waals surface area contributed by atoms with E-state index in [-0.39, 0.29) is 12.0 Å². The lowest BCUT2D eigenvalue weighted by atomic mass is 10.2. The zero-order valence-corrected chi connectivity index (χ0v) is 19.7. The van der Waals surface area contributed by atoms with Gasteiger partial charge in [0.1, 0.15) is 5.60 Å². The Bertz CT molecular complexity index is 917. The van der Waals surface area contributed by atoms with Crippen LogP contribution in [0.15, 0.2) is 34.9 Å². The summed E-state index contributed by atoms with van der Waals surface area (Å²) in [4.78, 5) is 32.5. The second-order valence-corrected chi connectivity index (χ2v) is 9.16. The number of rotatable bonds is 7. The van der Waals surface area contributed by atoms with E-state index in [4.69, 9.17) is 20.8 Å². The average molecular weight is 463 g/mol. The summed E-state index contributed by atoms with van der Waals surface area (Å²) in [5.74, 6) is 1.06. The molecular weight excluding hydrogens is 432 g/mol. The van der Waals surface area contributed by atoms with E-state index in [1.54, 1.807) is 17.2 Å².